The van der Waals surface area contributed by atoms with E-state index < -0.39 is 5.97 Å². The van der Waals surface area contributed by atoms with Crippen molar-refractivity contribution in [1.82, 2.24) is 14.5 Å². The quantitative estimate of drug-likeness (QED) is 0.687. The molecule has 0 radical (unpaired) electrons. The summed E-state index contributed by atoms with van der Waals surface area (Å²) >= 11 is 6.14. The molecule has 3 rings (SSSR count). The lowest BCUT2D eigenvalue weighted by Gasteiger charge is -2.26. The number of halogens is 1. The first-order valence-electron chi connectivity index (χ1n) is 8.60. The van der Waals surface area contributed by atoms with Crippen molar-refractivity contribution in [3.8, 4) is 0 Å². The number of hydrogen-bond donors (Lipinski definition) is 1. The number of benzene rings is 1. The average molecular weight is 390 g/mol. The van der Waals surface area contributed by atoms with Crippen molar-refractivity contribution in [2.45, 2.75) is 39.9 Å². The Morgan fingerprint density at radius 1 is 1.30 bits per heavy atom. The summed E-state index contributed by atoms with van der Waals surface area (Å²) in [5, 5.41) is 9.36. The predicted molar refractivity (Wildman–Crippen MR) is 101 cm³/mol. The first kappa shape index (κ1) is 19.0. The molecule has 1 aromatic carbocycles. The fourth-order valence-electron chi connectivity index (χ4n) is 2.93. The zero-order valence-electron chi connectivity index (χ0n) is 15.3. The maximum absolute atomic E-state index is 13.0. The van der Waals surface area contributed by atoms with Gasteiger partial charge in [0.1, 0.15) is 5.76 Å². The number of aryl methyl sites for hydroxylation is 1. The molecule has 0 unspecified atom stereocenters. The highest BCUT2D eigenvalue weighted by Crippen LogP contribution is 2.23. The first-order valence-corrected chi connectivity index (χ1v) is 8.98. The lowest BCUT2D eigenvalue weighted by Crippen LogP contribution is -2.36. The largest absolute Gasteiger partial charge is 0.475 e. The number of hydrogen-bond acceptors (Lipinski definition) is 4. The fourth-order valence-corrected chi connectivity index (χ4v) is 3.24. The molecule has 0 saturated heterocycles. The molecule has 27 heavy (non-hydrogen) atoms. The Morgan fingerprint density at radius 3 is 2.63 bits per heavy atom. The summed E-state index contributed by atoms with van der Waals surface area (Å²) in [6, 6.07) is 8.14. The number of amides is 1. The van der Waals surface area contributed by atoms with Crippen LogP contribution in [0.15, 0.2) is 34.7 Å². The van der Waals surface area contributed by atoms with Crippen LogP contribution in [0.25, 0.3) is 11.0 Å². The van der Waals surface area contributed by atoms with E-state index in [2.05, 4.69) is 4.98 Å². The van der Waals surface area contributed by atoms with Gasteiger partial charge in [-0.15, -0.1) is 0 Å². The average Bonchev–Trinajstić information content (AvgIpc) is 3.21. The van der Waals surface area contributed by atoms with Crippen LogP contribution in [0, 0.1) is 0 Å². The van der Waals surface area contributed by atoms with Crippen LogP contribution in [0.4, 0.5) is 0 Å². The Balaban J connectivity index is 1.90. The summed E-state index contributed by atoms with van der Waals surface area (Å²) in [5.41, 5.74) is 2.01. The molecule has 2 heterocycles. The number of carbonyl (C=O) groups is 2. The maximum Gasteiger partial charge on any atom is 0.371 e. The zero-order chi connectivity index (χ0) is 19.7. The molecule has 0 aliphatic heterocycles. The molecule has 142 valence electrons. The summed E-state index contributed by atoms with van der Waals surface area (Å²) in [4.78, 5) is 29.9. The molecule has 1 N–H and O–H groups in total. The van der Waals surface area contributed by atoms with Gasteiger partial charge in [0.25, 0.3) is 5.91 Å². The van der Waals surface area contributed by atoms with Gasteiger partial charge in [-0.25, -0.2) is 9.78 Å². The SMILES string of the molecule is CCn1c(Cl)nc2cc(C(=O)N(Cc3ccc(C(=O)O)o3)C(C)C)ccc21. The molecule has 0 aliphatic carbocycles. The Labute approximate surface area is 161 Å². The Morgan fingerprint density at radius 2 is 2.04 bits per heavy atom. The van der Waals surface area contributed by atoms with E-state index in [1.54, 1.807) is 23.1 Å². The van der Waals surface area contributed by atoms with Crippen LogP contribution in [0.3, 0.4) is 0 Å². The van der Waals surface area contributed by atoms with Crippen LogP contribution in [0.1, 0.15) is 47.4 Å². The summed E-state index contributed by atoms with van der Waals surface area (Å²) < 4.78 is 7.15. The molecule has 2 aromatic heterocycles. The highest BCUT2D eigenvalue weighted by atomic mass is 35.5. The Kier molecular flexibility index (Phi) is 5.23. The highest BCUT2D eigenvalue weighted by molar-refractivity contribution is 6.29. The number of imidazole rings is 1. The summed E-state index contributed by atoms with van der Waals surface area (Å²) in [6.07, 6.45) is 0. The van der Waals surface area contributed by atoms with Gasteiger partial charge >= 0.3 is 5.97 Å². The molecule has 8 heteroatoms. The molecule has 0 saturated carbocycles. The van der Waals surface area contributed by atoms with Crippen LogP contribution < -0.4 is 0 Å². The van der Waals surface area contributed by atoms with E-state index in [-0.39, 0.29) is 24.3 Å². The lowest BCUT2D eigenvalue weighted by atomic mass is 10.1. The van der Waals surface area contributed by atoms with Crippen LogP contribution in [-0.4, -0.2) is 37.5 Å². The third-order valence-electron chi connectivity index (χ3n) is 4.35. The van der Waals surface area contributed by atoms with E-state index in [4.69, 9.17) is 21.1 Å². The number of rotatable bonds is 6. The Hall–Kier alpha value is -2.80. The van der Waals surface area contributed by atoms with Crippen molar-refractivity contribution < 1.29 is 19.1 Å². The van der Waals surface area contributed by atoms with E-state index in [0.29, 0.717) is 28.7 Å². The second kappa shape index (κ2) is 7.44. The van der Waals surface area contributed by atoms with Crippen molar-refractivity contribution >= 4 is 34.5 Å². The zero-order valence-corrected chi connectivity index (χ0v) is 16.0. The molecule has 0 aliphatic rings. The molecule has 7 nitrogen and oxygen atoms in total. The second-order valence-corrected chi connectivity index (χ2v) is 6.76. The van der Waals surface area contributed by atoms with Crippen LogP contribution >= 0.6 is 11.6 Å². The van der Waals surface area contributed by atoms with E-state index in [9.17, 15) is 9.59 Å². The molecule has 3 aromatic rings. The monoisotopic (exact) mass is 389 g/mol. The molecule has 0 bridgehead atoms. The molecule has 0 atom stereocenters. The van der Waals surface area contributed by atoms with Gasteiger partial charge in [-0.05, 0) is 62.7 Å². The van der Waals surface area contributed by atoms with Gasteiger partial charge < -0.3 is 19.0 Å². The minimum Gasteiger partial charge on any atom is -0.475 e. The summed E-state index contributed by atoms with van der Waals surface area (Å²) in [7, 11) is 0. The number of carboxylic acids is 1. The maximum atomic E-state index is 13.0. The smallest absolute Gasteiger partial charge is 0.371 e. The van der Waals surface area contributed by atoms with Gasteiger partial charge in [-0.2, -0.15) is 0 Å². The minimum absolute atomic E-state index is 0.108. The number of carboxylic acid groups (broad SMARTS) is 1. The number of aromatic nitrogens is 2. The van der Waals surface area contributed by atoms with Gasteiger partial charge in [-0.1, -0.05) is 0 Å². The van der Waals surface area contributed by atoms with E-state index in [1.165, 1.54) is 6.07 Å². The minimum atomic E-state index is -1.14. The number of aromatic carboxylic acids is 1. The lowest BCUT2D eigenvalue weighted by molar-refractivity contribution is 0.0648. The van der Waals surface area contributed by atoms with Crippen LogP contribution in [0.2, 0.25) is 5.28 Å². The highest BCUT2D eigenvalue weighted by Gasteiger charge is 2.22. The second-order valence-electron chi connectivity index (χ2n) is 6.43. The van der Waals surface area contributed by atoms with Gasteiger partial charge in [-0.3, -0.25) is 4.79 Å². The number of fused-ring (bicyclic) bond motifs is 1. The first-order chi connectivity index (χ1) is 12.8. The third-order valence-corrected chi connectivity index (χ3v) is 4.64. The topological polar surface area (TPSA) is 88.6 Å². The van der Waals surface area contributed by atoms with Crippen molar-refractivity contribution in [3.63, 3.8) is 0 Å². The molecular formula is C19H20ClN3O4. The summed E-state index contributed by atoms with van der Waals surface area (Å²) in [5.74, 6) is -1.07. The van der Waals surface area contributed by atoms with Crippen molar-refractivity contribution in [2.75, 3.05) is 0 Å². The van der Waals surface area contributed by atoms with Crippen molar-refractivity contribution in [3.05, 3.63) is 52.7 Å². The van der Waals surface area contributed by atoms with E-state index in [1.807, 2.05) is 31.4 Å². The van der Waals surface area contributed by atoms with Gasteiger partial charge in [0.15, 0.2) is 0 Å². The van der Waals surface area contributed by atoms with Gasteiger partial charge in [0.2, 0.25) is 11.0 Å². The van der Waals surface area contributed by atoms with E-state index >= 15 is 0 Å². The standard InChI is InChI=1S/C19H20ClN3O4/c1-4-22-15-7-5-12(9-14(15)21-19(22)20)17(24)23(11(2)3)10-13-6-8-16(27-13)18(25)26/h5-9,11H,4,10H2,1-3H3,(H,25,26). The van der Waals surface area contributed by atoms with Crippen molar-refractivity contribution in [2.24, 2.45) is 0 Å². The van der Waals surface area contributed by atoms with Crippen molar-refractivity contribution in [1.29, 1.82) is 0 Å². The molecule has 0 spiro atoms. The van der Waals surface area contributed by atoms with Gasteiger partial charge in [0.05, 0.1) is 17.6 Å². The van der Waals surface area contributed by atoms with Crippen LogP contribution in [-0.2, 0) is 13.1 Å². The van der Waals surface area contributed by atoms with Gasteiger partial charge in [0, 0.05) is 18.2 Å². The molecule has 1 amide bonds. The number of furan rings is 1. The Bertz CT molecular complexity index is 1010. The normalized spacial score (nSPS) is 11.3. The fraction of sp³-hybridized carbons (Fsp3) is 0.316. The molecular weight excluding hydrogens is 370 g/mol. The molecule has 0 fully saturated rings. The van der Waals surface area contributed by atoms with Crippen LogP contribution in [0.5, 0.6) is 0 Å². The number of carbonyl (C=O) groups excluding carboxylic acids is 1. The number of nitrogens with zero attached hydrogens (tertiary/aromatic N) is 3. The van der Waals surface area contributed by atoms with E-state index in [0.717, 1.165) is 5.52 Å². The third kappa shape index (κ3) is 3.68. The predicted octanol–water partition coefficient (Wildman–Crippen LogP) is 4.05. The summed E-state index contributed by atoms with van der Waals surface area (Å²) in [6.45, 7) is 6.61.